The van der Waals surface area contributed by atoms with Crippen LogP contribution in [-0.4, -0.2) is 27.5 Å². The Bertz CT molecular complexity index is 577. The van der Waals surface area contributed by atoms with Gasteiger partial charge in [0.25, 0.3) is 0 Å². The van der Waals surface area contributed by atoms with E-state index in [4.69, 9.17) is 12.2 Å². The van der Waals surface area contributed by atoms with Gasteiger partial charge in [-0.25, -0.2) is 0 Å². The third-order valence-electron chi connectivity index (χ3n) is 2.99. The van der Waals surface area contributed by atoms with Gasteiger partial charge in [-0.15, -0.1) is 0 Å². The third kappa shape index (κ3) is 2.66. The highest BCUT2D eigenvalue weighted by Gasteiger charge is 2.30. The number of thiocarbonyl (C=S) groups is 1. The van der Waals surface area contributed by atoms with E-state index in [1.807, 2.05) is 0 Å². The van der Waals surface area contributed by atoms with Gasteiger partial charge in [0.05, 0.1) is 5.69 Å². The topological polar surface area (TPSA) is 54.5 Å². The summed E-state index contributed by atoms with van der Waals surface area (Å²) in [6.07, 6.45) is 0.342. The van der Waals surface area contributed by atoms with Crippen LogP contribution in [0.2, 0.25) is 0 Å². The van der Waals surface area contributed by atoms with Gasteiger partial charge in [0.2, 0.25) is 5.91 Å². The number of rotatable bonds is 3. The van der Waals surface area contributed by atoms with Gasteiger partial charge in [0.1, 0.15) is 4.32 Å². The van der Waals surface area contributed by atoms with Crippen molar-refractivity contribution in [1.29, 1.82) is 0 Å². The Morgan fingerprint density at radius 1 is 1.20 bits per heavy atom. The van der Waals surface area contributed by atoms with E-state index in [9.17, 15) is 14.4 Å². The normalized spacial score (nSPS) is 15.4. The largest absolute Gasteiger partial charge is 0.294 e. The molecule has 1 amide bonds. The van der Waals surface area contributed by atoms with Crippen molar-refractivity contribution in [2.45, 2.75) is 20.3 Å². The second-order valence-electron chi connectivity index (χ2n) is 4.41. The van der Waals surface area contributed by atoms with Crippen LogP contribution in [0.5, 0.6) is 0 Å². The van der Waals surface area contributed by atoms with E-state index < -0.39 is 0 Å². The fourth-order valence-electron chi connectivity index (χ4n) is 2.07. The number of hydrogen-bond donors (Lipinski definition) is 0. The molecule has 0 aliphatic carbocycles. The van der Waals surface area contributed by atoms with E-state index in [0.717, 1.165) is 0 Å². The van der Waals surface area contributed by atoms with Crippen LogP contribution in [0.25, 0.3) is 0 Å². The van der Waals surface area contributed by atoms with Crippen molar-refractivity contribution in [3.63, 3.8) is 0 Å². The molecule has 0 unspecified atom stereocenters. The lowest BCUT2D eigenvalue weighted by atomic mass is 10.0. The van der Waals surface area contributed by atoms with Gasteiger partial charge in [-0.3, -0.25) is 19.3 Å². The molecule has 1 aliphatic heterocycles. The number of para-hydroxylation sites is 1. The Morgan fingerprint density at radius 3 is 2.20 bits per heavy atom. The molecule has 20 heavy (non-hydrogen) atoms. The maximum Gasteiger partial charge on any atom is 0.233 e. The fourth-order valence-corrected chi connectivity index (χ4v) is 3.29. The van der Waals surface area contributed by atoms with Gasteiger partial charge in [0.15, 0.2) is 11.6 Å². The summed E-state index contributed by atoms with van der Waals surface area (Å²) in [5, 5.41) is 0. The zero-order chi connectivity index (χ0) is 14.9. The molecule has 0 bridgehead atoms. The predicted octanol–water partition coefficient (Wildman–Crippen LogP) is 2.85. The van der Waals surface area contributed by atoms with Crippen molar-refractivity contribution < 1.29 is 14.4 Å². The van der Waals surface area contributed by atoms with Crippen molar-refractivity contribution in [2.24, 2.45) is 0 Å². The molecule has 1 heterocycles. The van der Waals surface area contributed by atoms with Crippen molar-refractivity contribution in [3.05, 3.63) is 29.3 Å². The maximum atomic E-state index is 12.2. The lowest BCUT2D eigenvalue weighted by Gasteiger charge is -2.29. The smallest absolute Gasteiger partial charge is 0.233 e. The molecule has 1 aliphatic rings. The van der Waals surface area contributed by atoms with Gasteiger partial charge in [-0.2, -0.15) is 0 Å². The number of thioether (sulfide) groups is 1. The molecule has 4 nitrogen and oxygen atoms in total. The first kappa shape index (κ1) is 14.9. The summed E-state index contributed by atoms with van der Waals surface area (Å²) < 4.78 is 0.387. The molecule has 1 saturated heterocycles. The molecule has 104 valence electrons. The molecule has 0 aromatic heterocycles. The lowest BCUT2D eigenvalue weighted by molar-refractivity contribution is -0.117. The SMILES string of the molecule is CC(=O)c1cccc(C(C)=O)c1N1C(=O)CCSC1=S. The highest BCUT2D eigenvalue weighted by molar-refractivity contribution is 8.23. The summed E-state index contributed by atoms with van der Waals surface area (Å²) in [4.78, 5) is 37.1. The number of hydrogen-bond acceptors (Lipinski definition) is 5. The molecule has 1 fully saturated rings. The summed E-state index contributed by atoms with van der Waals surface area (Å²) in [6.45, 7) is 2.82. The number of ketones is 2. The molecule has 2 rings (SSSR count). The lowest BCUT2D eigenvalue weighted by Crippen LogP contribution is -2.39. The average Bonchev–Trinajstić information content (AvgIpc) is 2.38. The summed E-state index contributed by atoms with van der Waals surface area (Å²) in [7, 11) is 0. The summed E-state index contributed by atoms with van der Waals surface area (Å²) in [5.41, 5.74) is 1.02. The second-order valence-corrected chi connectivity index (χ2v) is 6.14. The van der Waals surface area contributed by atoms with E-state index in [1.165, 1.54) is 30.5 Å². The molecule has 0 spiro atoms. The predicted molar refractivity (Wildman–Crippen MR) is 83.6 cm³/mol. The number of Topliss-reactive ketones (excluding diaryl/α,β-unsaturated/α-hetero) is 2. The number of carbonyl (C=O) groups excluding carboxylic acids is 3. The van der Waals surface area contributed by atoms with Gasteiger partial charge in [0, 0.05) is 23.3 Å². The Balaban J connectivity index is 2.69. The van der Waals surface area contributed by atoms with E-state index in [1.54, 1.807) is 18.2 Å². The highest BCUT2D eigenvalue weighted by Crippen LogP contribution is 2.32. The minimum atomic E-state index is -0.200. The minimum Gasteiger partial charge on any atom is -0.294 e. The number of nitrogens with zero attached hydrogens (tertiary/aromatic N) is 1. The van der Waals surface area contributed by atoms with Crippen LogP contribution >= 0.6 is 24.0 Å². The van der Waals surface area contributed by atoms with Crippen molar-refractivity contribution in [3.8, 4) is 0 Å². The van der Waals surface area contributed by atoms with Crippen molar-refractivity contribution in [2.75, 3.05) is 10.7 Å². The first-order valence-electron chi connectivity index (χ1n) is 6.08. The van der Waals surface area contributed by atoms with Gasteiger partial charge in [-0.05, 0) is 26.0 Å². The monoisotopic (exact) mass is 307 g/mol. The van der Waals surface area contributed by atoms with E-state index >= 15 is 0 Å². The van der Waals surface area contributed by atoms with Crippen molar-refractivity contribution >= 4 is 51.5 Å². The maximum absolute atomic E-state index is 12.2. The number of benzene rings is 1. The number of carbonyl (C=O) groups is 3. The van der Waals surface area contributed by atoms with Crippen LogP contribution < -0.4 is 4.90 Å². The van der Waals surface area contributed by atoms with Crippen LogP contribution in [0.1, 0.15) is 41.0 Å². The van der Waals surface area contributed by atoms with E-state index in [-0.39, 0.29) is 17.5 Å². The van der Waals surface area contributed by atoms with E-state index in [2.05, 4.69) is 0 Å². The number of anilines is 1. The van der Waals surface area contributed by atoms with Gasteiger partial charge in [-0.1, -0.05) is 30.0 Å². The zero-order valence-electron chi connectivity index (χ0n) is 11.1. The number of amides is 1. The highest BCUT2D eigenvalue weighted by atomic mass is 32.2. The van der Waals surface area contributed by atoms with Gasteiger partial charge < -0.3 is 0 Å². The second kappa shape index (κ2) is 5.85. The molecular weight excluding hydrogens is 294 g/mol. The summed E-state index contributed by atoms with van der Waals surface area (Å²) in [6, 6.07) is 4.86. The Kier molecular flexibility index (Phi) is 4.35. The molecule has 0 radical (unpaired) electrons. The van der Waals surface area contributed by atoms with Crippen LogP contribution in [0, 0.1) is 0 Å². The van der Waals surface area contributed by atoms with Crippen LogP contribution in [0.15, 0.2) is 18.2 Å². The standard InChI is InChI=1S/C14H13NO3S2/c1-8(16)10-4-3-5-11(9(2)17)13(10)15-12(18)6-7-20-14(15)19/h3-5H,6-7H2,1-2H3. The average molecular weight is 307 g/mol. The minimum absolute atomic E-state index is 0.176. The summed E-state index contributed by atoms with van der Waals surface area (Å²) >= 11 is 6.60. The third-order valence-corrected chi connectivity index (χ3v) is 4.37. The first-order valence-corrected chi connectivity index (χ1v) is 7.47. The van der Waals surface area contributed by atoms with Gasteiger partial charge >= 0.3 is 0 Å². The fraction of sp³-hybridized carbons (Fsp3) is 0.286. The molecule has 6 heteroatoms. The van der Waals surface area contributed by atoms with Crippen molar-refractivity contribution in [1.82, 2.24) is 0 Å². The molecule has 0 atom stereocenters. The first-order chi connectivity index (χ1) is 9.43. The Morgan fingerprint density at radius 2 is 1.75 bits per heavy atom. The molecule has 0 N–H and O–H groups in total. The summed E-state index contributed by atoms with van der Waals surface area (Å²) in [5.74, 6) is 0.0553. The van der Waals surface area contributed by atoms with E-state index in [0.29, 0.717) is 33.3 Å². The molecule has 1 aromatic rings. The Labute approximate surface area is 126 Å². The van der Waals surface area contributed by atoms with Crippen LogP contribution in [0.4, 0.5) is 5.69 Å². The molecule has 0 saturated carbocycles. The quantitative estimate of drug-likeness (QED) is 0.635. The zero-order valence-corrected chi connectivity index (χ0v) is 12.8. The van der Waals surface area contributed by atoms with Crippen LogP contribution in [0.3, 0.4) is 0 Å². The Hall–Kier alpha value is -1.53. The molecular formula is C14H13NO3S2. The van der Waals surface area contributed by atoms with Crippen LogP contribution in [-0.2, 0) is 4.79 Å². The molecule has 1 aromatic carbocycles.